The van der Waals surface area contributed by atoms with Gasteiger partial charge in [-0.25, -0.2) is 9.97 Å². The van der Waals surface area contributed by atoms with Crippen LogP contribution in [-0.2, 0) is 42.9 Å². The second kappa shape index (κ2) is 11.2. The Hall–Kier alpha value is -2.73. The summed E-state index contributed by atoms with van der Waals surface area (Å²) in [5, 5.41) is 0.336. The van der Waals surface area contributed by atoms with Crippen LogP contribution in [0.2, 0.25) is 0 Å². The topological polar surface area (TPSA) is 140 Å². The zero-order chi connectivity index (χ0) is 24.0. The Kier molecular flexibility index (Phi) is 8.96. The van der Waals surface area contributed by atoms with Crippen molar-refractivity contribution >= 4 is 35.6 Å². The molecule has 0 aromatic carbocycles. The summed E-state index contributed by atoms with van der Waals surface area (Å²) in [5.41, 5.74) is 0.466. The molecule has 0 N–H and O–H groups in total. The summed E-state index contributed by atoms with van der Waals surface area (Å²) in [4.78, 5) is 55.5. The summed E-state index contributed by atoms with van der Waals surface area (Å²) in [6, 6.07) is 1.79. The molecule has 1 aromatic heterocycles. The minimum absolute atomic E-state index is 0.289. The van der Waals surface area contributed by atoms with Crippen molar-refractivity contribution in [2.45, 2.75) is 76.6 Å². The van der Waals surface area contributed by atoms with Crippen LogP contribution in [0.15, 0.2) is 11.2 Å². The van der Waals surface area contributed by atoms with Crippen molar-refractivity contribution in [2.24, 2.45) is 0 Å². The molecular formula is C20H26N2O9S. The molecule has 0 amide bonds. The molecule has 1 saturated heterocycles. The zero-order valence-electron chi connectivity index (χ0n) is 18.6. The first-order valence-corrected chi connectivity index (χ1v) is 10.6. The van der Waals surface area contributed by atoms with Crippen LogP contribution in [0.1, 0.15) is 39.1 Å². The number of hydrogen-bond donors (Lipinski definition) is 0. The maximum Gasteiger partial charge on any atom is 0.303 e. The third-order valence-corrected chi connectivity index (χ3v) is 5.14. The number of esters is 4. The Morgan fingerprint density at radius 3 is 1.84 bits per heavy atom. The first kappa shape index (κ1) is 25.5. The first-order valence-electron chi connectivity index (χ1n) is 9.75. The Bertz CT molecular complexity index is 858. The fraction of sp³-hybridized carbons (Fsp3) is 0.600. The van der Waals surface area contributed by atoms with Crippen molar-refractivity contribution in [3.8, 4) is 0 Å². The zero-order valence-corrected chi connectivity index (χ0v) is 19.5. The normalized spacial score (nSPS) is 24.9. The average Bonchev–Trinajstić information content (AvgIpc) is 2.63. The van der Waals surface area contributed by atoms with Gasteiger partial charge < -0.3 is 23.7 Å². The number of carbonyl (C=O) groups is 4. The minimum Gasteiger partial charge on any atom is -0.463 e. The Balaban J connectivity index is 2.47. The second-order valence-electron chi connectivity index (χ2n) is 7.12. The van der Waals surface area contributed by atoms with Gasteiger partial charge in [-0.2, -0.15) is 0 Å². The predicted octanol–water partition coefficient (Wildman–Crippen LogP) is 1.27. The molecule has 0 saturated carbocycles. The lowest BCUT2D eigenvalue weighted by molar-refractivity contribution is -0.237. The molecule has 176 valence electrons. The summed E-state index contributed by atoms with van der Waals surface area (Å²) in [6.45, 7) is 8.04. The van der Waals surface area contributed by atoms with E-state index in [4.69, 9.17) is 23.7 Å². The van der Waals surface area contributed by atoms with Gasteiger partial charge in [0.2, 0.25) is 0 Å². The van der Waals surface area contributed by atoms with E-state index in [1.807, 2.05) is 0 Å². The van der Waals surface area contributed by atoms with Crippen molar-refractivity contribution in [1.82, 2.24) is 9.97 Å². The van der Waals surface area contributed by atoms with E-state index in [9.17, 15) is 19.2 Å². The van der Waals surface area contributed by atoms with Crippen molar-refractivity contribution < 1.29 is 42.9 Å². The lowest BCUT2D eigenvalue weighted by atomic mass is 9.99. The first-order chi connectivity index (χ1) is 15.0. The van der Waals surface area contributed by atoms with Gasteiger partial charge in [0.25, 0.3) is 0 Å². The molecule has 0 unspecified atom stereocenters. The maximum absolute atomic E-state index is 11.8. The molecular weight excluding hydrogens is 444 g/mol. The quantitative estimate of drug-likeness (QED) is 0.322. The maximum atomic E-state index is 11.8. The molecule has 1 aromatic rings. The van der Waals surface area contributed by atoms with E-state index in [-0.39, 0.29) is 6.61 Å². The van der Waals surface area contributed by atoms with Gasteiger partial charge in [-0.15, -0.1) is 0 Å². The Labute approximate surface area is 189 Å². The largest absolute Gasteiger partial charge is 0.463 e. The van der Waals surface area contributed by atoms with E-state index in [1.165, 1.54) is 27.7 Å². The molecule has 1 aliphatic rings. The van der Waals surface area contributed by atoms with Crippen molar-refractivity contribution in [3.63, 3.8) is 0 Å². The lowest BCUT2D eigenvalue weighted by Gasteiger charge is -2.43. The standard InChI is InChI=1S/C20H26N2O9S/c1-9-7-10(2)22-20(21-9)32-19-18(30-14(6)26)17(29-13(5)25)16(28-12(4)24)15(31-19)8-27-11(3)23/h7,15-19H,8H2,1-6H3/t15-,16+,17-,18+,19+/m0/s1. The van der Waals surface area contributed by atoms with Gasteiger partial charge in [0.1, 0.15) is 12.7 Å². The van der Waals surface area contributed by atoms with Crippen molar-refractivity contribution in [3.05, 3.63) is 17.5 Å². The number of aryl methyl sites for hydroxylation is 2. The van der Waals surface area contributed by atoms with Crippen LogP contribution in [-0.4, -0.2) is 70.3 Å². The highest BCUT2D eigenvalue weighted by molar-refractivity contribution is 7.99. The second-order valence-corrected chi connectivity index (χ2v) is 8.18. The van der Waals surface area contributed by atoms with Gasteiger partial charge in [-0.1, -0.05) is 11.8 Å². The molecule has 0 aliphatic carbocycles. The molecule has 0 spiro atoms. The van der Waals surface area contributed by atoms with Crippen LogP contribution in [0.5, 0.6) is 0 Å². The van der Waals surface area contributed by atoms with Gasteiger partial charge in [0.15, 0.2) is 28.9 Å². The lowest BCUT2D eigenvalue weighted by Crippen LogP contribution is -2.61. The number of nitrogens with zero attached hydrogens (tertiary/aromatic N) is 2. The Morgan fingerprint density at radius 1 is 0.844 bits per heavy atom. The molecule has 2 heterocycles. The number of ether oxygens (including phenoxy) is 5. The van der Waals surface area contributed by atoms with Crippen LogP contribution >= 0.6 is 11.8 Å². The molecule has 11 nitrogen and oxygen atoms in total. The number of rotatable bonds is 7. The summed E-state index contributed by atoms with van der Waals surface area (Å²) >= 11 is 1.04. The molecule has 32 heavy (non-hydrogen) atoms. The molecule has 12 heteroatoms. The fourth-order valence-electron chi connectivity index (χ4n) is 3.13. The van der Waals surface area contributed by atoms with Crippen LogP contribution in [0.4, 0.5) is 0 Å². The summed E-state index contributed by atoms with van der Waals surface area (Å²) < 4.78 is 27.2. The summed E-state index contributed by atoms with van der Waals surface area (Å²) in [5.74, 6) is -2.62. The van der Waals surface area contributed by atoms with E-state index in [1.54, 1.807) is 19.9 Å². The van der Waals surface area contributed by atoms with Crippen molar-refractivity contribution in [2.75, 3.05) is 6.61 Å². The van der Waals surface area contributed by atoms with Crippen LogP contribution in [0, 0.1) is 13.8 Å². The average molecular weight is 471 g/mol. The van der Waals surface area contributed by atoms with Gasteiger partial charge in [-0.05, 0) is 19.9 Å². The smallest absolute Gasteiger partial charge is 0.303 e. The molecule has 5 atom stereocenters. The minimum atomic E-state index is -1.22. The summed E-state index contributed by atoms with van der Waals surface area (Å²) in [7, 11) is 0. The fourth-order valence-corrected chi connectivity index (χ4v) is 4.28. The molecule has 0 radical (unpaired) electrons. The van der Waals surface area contributed by atoms with Gasteiger partial charge in [-0.3, -0.25) is 19.2 Å². The number of thioether (sulfide) groups is 1. The van der Waals surface area contributed by atoms with Gasteiger partial charge in [0, 0.05) is 39.1 Å². The van der Waals surface area contributed by atoms with Crippen LogP contribution in [0.3, 0.4) is 0 Å². The highest BCUT2D eigenvalue weighted by Gasteiger charge is 2.52. The highest BCUT2D eigenvalue weighted by Crippen LogP contribution is 2.36. The van der Waals surface area contributed by atoms with Gasteiger partial charge in [0.05, 0.1) is 0 Å². The molecule has 0 bridgehead atoms. The van der Waals surface area contributed by atoms with Crippen molar-refractivity contribution in [1.29, 1.82) is 0 Å². The van der Waals surface area contributed by atoms with Crippen LogP contribution < -0.4 is 0 Å². The van der Waals surface area contributed by atoms with E-state index >= 15 is 0 Å². The monoisotopic (exact) mass is 470 g/mol. The van der Waals surface area contributed by atoms with Crippen LogP contribution in [0.25, 0.3) is 0 Å². The van der Waals surface area contributed by atoms with Gasteiger partial charge >= 0.3 is 23.9 Å². The predicted molar refractivity (Wildman–Crippen MR) is 109 cm³/mol. The number of carbonyl (C=O) groups excluding carboxylic acids is 4. The van der Waals surface area contributed by atoms with E-state index in [2.05, 4.69) is 9.97 Å². The SMILES string of the molecule is CC(=O)OC[C@@H]1O[C@H](Sc2nc(C)cc(C)n2)[C@H](OC(C)=O)[C@@H](OC(C)=O)[C@@H]1OC(C)=O. The van der Waals surface area contributed by atoms with E-state index in [0.29, 0.717) is 16.5 Å². The van der Waals surface area contributed by atoms with E-state index < -0.39 is 53.7 Å². The van der Waals surface area contributed by atoms with E-state index in [0.717, 1.165) is 11.8 Å². The third kappa shape index (κ3) is 7.45. The third-order valence-electron chi connectivity index (χ3n) is 4.13. The number of aromatic nitrogens is 2. The highest BCUT2D eigenvalue weighted by atomic mass is 32.2. The molecule has 1 aliphatic heterocycles. The molecule has 1 fully saturated rings. The Morgan fingerprint density at radius 2 is 1.34 bits per heavy atom. The molecule has 2 rings (SSSR count). The number of hydrogen-bond acceptors (Lipinski definition) is 12. The summed E-state index contributed by atoms with van der Waals surface area (Å²) in [6.07, 6.45) is -4.60.